The summed E-state index contributed by atoms with van der Waals surface area (Å²) in [6.45, 7) is 8.73. The van der Waals surface area contributed by atoms with Gasteiger partial charge in [-0.15, -0.1) is 0 Å². The second-order valence-corrected chi connectivity index (χ2v) is 3.96. The largest absolute Gasteiger partial charge is 0.0854 e. The van der Waals surface area contributed by atoms with E-state index in [-0.39, 0.29) is 0 Å². The zero-order valence-electron chi connectivity index (χ0n) is 8.93. The van der Waals surface area contributed by atoms with Crippen molar-refractivity contribution >= 4 is 7.85 Å². The molecule has 0 aromatic heterocycles. The van der Waals surface area contributed by atoms with Crippen LogP contribution in [0.5, 0.6) is 0 Å². The van der Waals surface area contributed by atoms with Crippen molar-refractivity contribution in [1.82, 2.24) is 0 Å². The maximum absolute atomic E-state index is 5.71. The Hall–Kier alpha value is -0.195. The average molecular weight is 164 g/mol. The number of hydrogen-bond acceptors (Lipinski definition) is 0. The average Bonchev–Trinajstić information content (AvgIpc) is 1.99. The Morgan fingerprint density at radius 3 is 2.42 bits per heavy atom. The summed E-state index contributed by atoms with van der Waals surface area (Å²) in [5.74, 6) is 1.07. The van der Waals surface area contributed by atoms with E-state index in [0.717, 1.165) is 12.3 Å². The first-order chi connectivity index (χ1) is 5.56. The zero-order chi connectivity index (χ0) is 9.56. The number of allylic oxidation sites excluding steroid dienone is 2. The first-order valence-corrected chi connectivity index (χ1v) is 4.97. The predicted octanol–water partition coefficient (Wildman–Crippen LogP) is 3.74. The van der Waals surface area contributed by atoms with Crippen molar-refractivity contribution in [1.29, 1.82) is 0 Å². The Labute approximate surface area is 78.9 Å². The number of hydrogen-bond donors (Lipinski definition) is 0. The van der Waals surface area contributed by atoms with Crippen LogP contribution >= 0.6 is 0 Å². The molecule has 0 nitrogen and oxygen atoms in total. The fourth-order valence-corrected chi connectivity index (χ4v) is 1.28. The van der Waals surface area contributed by atoms with E-state index in [1.807, 2.05) is 0 Å². The van der Waals surface area contributed by atoms with Gasteiger partial charge in [0.05, 0.1) is 7.85 Å². The number of rotatable bonds is 5. The van der Waals surface area contributed by atoms with Crippen molar-refractivity contribution in [3.05, 3.63) is 11.6 Å². The van der Waals surface area contributed by atoms with Gasteiger partial charge in [-0.05, 0) is 25.7 Å². The molecular formula is C11H21B. The molecular weight excluding hydrogens is 143 g/mol. The highest BCUT2D eigenvalue weighted by molar-refractivity contribution is 6.11. The lowest BCUT2D eigenvalue weighted by molar-refractivity contribution is 0.530. The fourth-order valence-electron chi connectivity index (χ4n) is 1.28. The van der Waals surface area contributed by atoms with E-state index in [1.54, 1.807) is 0 Å². The third-order valence-electron chi connectivity index (χ3n) is 2.20. The van der Waals surface area contributed by atoms with Gasteiger partial charge in [-0.2, -0.15) is 0 Å². The summed E-state index contributed by atoms with van der Waals surface area (Å²) < 4.78 is 0. The highest BCUT2D eigenvalue weighted by Gasteiger charge is 2.02. The standard InChI is InChI=1S/C11H21B/c1-5-9(2)6-7-10(3)8-11(4)12/h6,10-11H,5,7-8H2,1-4H3. The van der Waals surface area contributed by atoms with E-state index < -0.39 is 0 Å². The Morgan fingerprint density at radius 1 is 1.42 bits per heavy atom. The van der Waals surface area contributed by atoms with Crippen LogP contribution in [0.3, 0.4) is 0 Å². The van der Waals surface area contributed by atoms with Crippen molar-refractivity contribution in [2.75, 3.05) is 0 Å². The van der Waals surface area contributed by atoms with Crippen molar-refractivity contribution in [3.8, 4) is 0 Å². The van der Waals surface area contributed by atoms with Gasteiger partial charge in [0.15, 0.2) is 0 Å². The quantitative estimate of drug-likeness (QED) is 0.429. The minimum atomic E-state index is 0.343. The van der Waals surface area contributed by atoms with E-state index in [2.05, 4.69) is 33.8 Å². The van der Waals surface area contributed by atoms with Gasteiger partial charge in [0.1, 0.15) is 0 Å². The zero-order valence-corrected chi connectivity index (χ0v) is 8.93. The van der Waals surface area contributed by atoms with Crippen molar-refractivity contribution in [2.45, 2.75) is 52.8 Å². The summed E-state index contributed by atoms with van der Waals surface area (Å²) in [6, 6.07) is 0. The molecule has 0 aliphatic heterocycles. The molecule has 0 fully saturated rings. The van der Waals surface area contributed by atoms with Crippen LogP contribution in [-0.4, -0.2) is 7.85 Å². The molecule has 0 N–H and O–H groups in total. The third-order valence-corrected chi connectivity index (χ3v) is 2.20. The lowest BCUT2D eigenvalue weighted by atomic mass is 9.81. The monoisotopic (exact) mass is 164 g/mol. The molecule has 1 heteroatoms. The predicted molar refractivity (Wildman–Crippen MR) is 57.6 cm³/mol. The van der Waals surface area contributed by atoms with Gasteiger partial charge in [0.2, 0.25) is 0 Å². The van der Waals surface area contributed by atoms with Crippen LogP contribution in [0, 0.1) is 5.92 Å². The maximum atomic E-state index is 5.71. The Morgan fingerprint density at radius 2 is 2.00 bits per heavy atom. The summed E-state index contributed by atoms with van der Waals surface area (Å²) in [6.07, 6.45) is 5.83. The minimum absolute atomic E-state index is 0.343. The lowest BCUT2D eigenvalue weighted by Gasteiger charge is -2.11. The smallest absolute Gasteiger partial charge is 0.0695 e. The second-order valence-electron chi connectivity index (χ2n) is 3.96. The van der Waals surface area contributed by atoms with E-state index in [0.29, 0.717) is 5.82 Å². The van der Waals surface area contributed by atoms with Gasteiger partial charge >= 0.3 is 0 Å². The summed E-state index contributed by atoms with van der Waals surface area (Å²) in [4.78, 5) is 0. The first-order valence-electron chi connectivity index (χ1n) is 4.97. The van der Waals surface area contributed by atoms with Gasteiger partial charge < -0.3 is 0 Å². The molecule has 0 heterocycles. The van der Waals surface area contributed by atoms with E-state index in [4.69, 9.17) is 7.85 Å². The Kier molecular flexibility index (Phi) is 6.23. The summed E-state index contributed by atoms with van der Waals surface area (Å²) in [5, 5.41) is 0. The molecule has 12 heavy (non-hydrogen) atoms. The maximum Gasteiger partial charge on any atom is 0.0695 e. The molecule has 68 valence electrons. The van der Waals surface area contributed by atoms with E-state index in [9.17, 15) is 0 Å². The molecule has 2 radical (unpaired) electrons. The molecule has 2 atom stereocenters. The Balaban J connectivity index is 3.62. The van der Waals surface area contributed by atoms with Crippen molar-refractivity contribution < 1.29 is 0 Å². The van der Waals surface area contributed by atoms with Crippen LogP contribution in [0.2, 0.25) is 5.82 Å². The second kappa shape index (κ2) is 6.34. The molecule has 0 saturated carbocycles. The van der Waals surface area contributed by atoms with Crippen LogP contribution < -0.4 is 0 Å². The van der Waals surface area contributed by atoms with Gasteiger partial charge in [0.25, 0.3) is 0 Å². The molecule has 0 amide bonds. The van der Waals surface area contributed by atoms with Crippen LogP contribution in [0.25, 0.3) is 0 Å². The van der Waals surface area contributed by atoms with E-state index >= 15 is 0 Å². The topological polar surface area (TPSA) is 0 Å². The van der Waals surface area contributed by atoms with Crippen LogP contribution in [0.15, 0.2) is 11.6 Å². The summed E-state index contributed by atoms with van der Waals surface area (Å²) in [7, 11) is 5.71. The van der Waals surface area contributed by atoms with E-state index in [1.165, 1.54) is 18.4 Å². The van der Waals surface area contributed by atoms with Gasteiger partial charge in [-0.1, -0.05) is 44.7 Å². The van der Waals surface area contributed by atoms with Crippen LogP contribution in [0.1, 0.15) is 47.0 Å². The minimum Gasteiger partial charge on any atom is -0.0854 e. The molecule has 0 bridgehead atoms. The SMILES string of the molecule is [B]C(C)CC(C)CC=C(C)CC. The normalized spacial score (nSPS) is 17.5. The molecule has 0 aliphatic rings. The fraction of sp³-hybridized carbons (Fsp3) is 0.818. The molecule has 0 rings (SSSR count). The Bertz CT molecular complexity index is 136. The highest BCUT2D eigenvalue weighted by atomic mass is 14.1. The molecule has 2 unspecified atom stereocenters. The van der Waals surface area contributed by atoms with Crippen molar-refractivity contribution in [2.24, 2.45) is 5.92 Å². The van der Waals surface area contributed by atoms with Gasteiger partial charge in [0, 0.05) is 0 Å². The van der Waals surface area contributed by atoms with Crippen LogP contribution in [-0.2, 0) is 0 Å². The third kappa shape index (κ3) is 6.51. The van der Waals surface area contributed by atoms with Crippen molar-refractivity contribution in [3.63, 3.8) is 0 Å². The molecule has 0 spiro atoms. The molecule has 0 aromatic carbocycles. The summed E-state index contributed by atoms with van der Waals surface area (Å²) >= 11 is 0. The summed E-state index contributed by atoms with van der Waals surface area (Å²) in [5.41, 5.74) is 1.49. The van der Waals surface area contributed by atoms with Gasteiger partial charge in [-0.25, -0.2) is 0 Å². The van der Waals surface area contributed by atoms with Crippen LogP contribution in [0.4, 0.5) is 0 Å². The molecule has 0 saturated heterocycles. The molecule has 0 aliphatic carbocycles. The lowest BCUT2D eigenvalue weighted by Crippen LogP contribution is -1.97. The van der Waals surface area contributed by atoms with Gasteiger partial charge in [-0.3, -0.25) is 0 Å². The highest BCUT2D eigenvalue weighted by Crippen LogP contribution is 2.17. The molecule has 0 aromatic rings. The first kappa shape index (κ1) is 11.8.